The van der Waals surface area contributed by atoms with Gasteiger partial charge in [0.05, 0.1) is 12.7 Å². The summed E-state index contributed by atoms with van der Waals surface area (Å²) < 4.78 is 31.0. The molecule has 2 rings (SSSR count). The van der Waals surface area contributed by atoms with Crippen LogP contribution in [0.5, 0.6) is 0 Å². The van der Waals surface area contributed by atoms with Crippen LogP contribution in [0.15, 0.2) is 27.8 Å². The fourth-order valence-corrected chi connectivity index (χ4v) is 2.98. The van der Waals surface area contributed by atoms with Crippen LogP contribution in [0.1, 0.15) is 0 Å². The SMILES string of the molecule is CN(CC1CO1)S(=O)(=O)c1cncc(Br)c1. The Balaban J connectivity index is 2.23. The number of epoxide rings is 1. The second kappa shape index (κ2) is 4.40. The largest absolute Gasteiger partial charge is 0.372 e. The highest BCUT2D eigenvalue weighted by Gasteiger charge is 2.30. The molecular weight excluding hydrogens is 296 g/mol. The lowest BCUT2D eigenvalue weighted by Gasteiger charge is -2.15. The van der Waals surface area contributed by atoms with Crippen molar-refractivity contribution in [2.24, 2.45) is 0 Å². The first-order valence-corrected chi connectivity index (χ1v) is 6.92. The van der Waals surface area contributed by atoms with Gasteiger partial charge in [0.2, 0.25) is 10.0 Å². The average Bonchev–Trinajstić information content (AvgIpc) is 3.01. The molecule has 1 aromatic rings. The molecule has 5 nitrogen and oxygen atoms in total. The molecule has 0 N–H and O–H groups in total. The third kappa shape index (κ3) is 2.60. The fraction of sp³-hybridized carbons (Fsp3) is 0.444. The van der Waals surface area contributed by atoms with Crippen molar-refractivity contribution in [3.63, 3.8) is 0 Å². The minimum atomic E-state index is -3.46. The van der Waals surface area contributed by atoms with Gasteiger partial charge in [0.25, 0.3) is 0 Å². The van der Waals surface area contributed by atoms with Crippen LogP contribution >= 0.6 is 15.9 Å². The molecule has 0 saturated carbocycles. The number of aromatic nitrogens is 1. The van der Waals surface area contributed by atoms with E-state index in [1.165, 1.54) is 23.6 Å². The summed E-state index contributed by atoms with van der Waals surface area (Å²) in [4.78, 5) is 4.03. The van der Waals surface area contributed by atoms with Crippen LogP contribution in [-0.4, -0.2) is 44.0 Å². The van der Waals surface area contributed by atoms with Crippen molar-refractivity contribution in [2.45, 2.75) is 11.0 Å². The molecule has 88 valence electrons. The lowest BCUT2D eigenvalue weighted by Crippen LogP contribution is -2.30. The van der Waals surface area contributed by atoms with Gasteiger partial charge in [-0.05, 0) is 22.0 Å². The van der Waals surface area contributed by atoms with E-state index < -0.39 is 10.0 Å². The quantitative estimate of drug-likeness (QED) is 0.774. The van der Waals surface area contributed by atoms with E-state index in [0.717, 1.165) is 0 Å². The van der Waals surface area contributed by atoms with Gasteiger partial charge in [-0.2, -0.15) is 4.31 Å². The van der Waals surface area contributed by atoms with Crippen molar-refractivity contribution in [1.82, 2.24) is 9.29 Å². The Hall–Kier alpha value is -0.500. The topological polar surface area (TPSA) is 62.8 Å². The molecule has 1 aliphatic rings. The Morgan fingerprint density at radius 2 is 2.31 bits per heavy atom. The molecule has 0 aliphatic carbocycles. The highest BCUT2D eigenvalue weighted by molar-refractivity contribution is 9.10. The van der Waals surface area contributed by atoms with Gasteiger partial charge in [0.1, 0.15) is 4.90 Å². The zero-order valence-electron chi connectivity index (χ0n) is 8.63. The molecule has 0 aromatic carbocycles. The average molecular weight is 307 g/mol. The van der Waals surface area contributed by atoms with Crippen molar-refractivity contribution in [3.8, 4) is 0 Å². The summed E-state index contributed by atoms with van der Waals surface area (Å²) in [5.41, 5.74) is 0. The molecule has 1 saturated heterocycles. The molecule has 7 heteroatoms. The Bertz CT molecular complexity index is 487. The lowest BCUT2D eigenvalue weighted by atomic mass is 10.5. The number of ether oxygens (including phenoxy) is 1. The molecule has 0 amide bonds. The zero-order chi connectivity index (χ0) is 11.8. The van der Waals surface area contributed by atoms with Gasteiger partial charge in [0, 0.05) is 30.5 Å². The maximum Gasteiger partial charge on any atom is 0.244 e. The minimum Gasteiger partial charge on any atom is -0.372 e. The van der Waals surface area contributed by atoms with Crippen LogP contribution < -0.4 is 0 Å². The van der Waals surface area contributed by atoms with E-state index >= 15 is 0 Å². The summed E-state index contributed by atoms with van der Waals surface area (Å²) in [5, 5.41) is 0. The normalized spacial score (nSPS) is 20.1. The minimum absolute atomic E-state index is 0.0416. The van der Waals surface area contributed by atoms with Crippen LogP contribution in [0.4, 0.5) is 0 Å². The Morgan fingerprint density at radius 3 is 2.88 bits per heavy atom. The second-order valence-electron chi connectivity index (χ2n) is 3.58. The maximum absolute atomic E-state index is 12.1. The van der Waals surface area contributed by atoms with E-state index in [1.807, 2.05) is 0 Å². The van der Waals surface area contributed by atoms with E-state index in [9.17, 15) is 8.42 Å². The number of likely N-dealkylation sites (N-methyl/N-ethyl adjacent to an activating group) is 1. The maximum atomic E-state index is 12.1. The van der Waals surface area contributed by atoms with E-state index in [2.05, 4.69) is 20.9 Å². The number of sulfonamides is 1. The summed E-state index contributed by atoms with van der Waals surface area (Å²) in [6, 6.07) is 1.53. The van der Waals surface area contributed by atoms with Crippen LogP contribution in [0, 0.1) is 0 Å². The molecule has 0 radical (unpaired) electrons. The summed E-state index contributed by atoms with van der Waals surface area (Å²) in [5.74, 6) is 0. The number of hydrogen-bond acceptors (Lipinski definition) is 4. The first-order valence-electron chi connectivity index (χ1n) is 4.68. The van der Waals surface area contributed by atoms with Gasteiger partial charge in [0.15, 0.2) is 0 Å². The predicted molar refractivity (Wildman–Crippen MR) is 61.5 cm³/mol. The van der Waals surface area contributed by atoms with Crippen LogP contribution in [0.2, 0.25) is 0 Å². The van der Waals surface area contributed by atoms with Gasteiger partial charge < -0.3 is 4.74 Å². The van der Waals surface area contributed by atoms with E-state index in [-0.39, 0.29) is 11.0 Å². The first kappa shape index (κ1) is 12.0. The first-order chi connectivity index (χ1) is 7.50. The predicted octanol–water partition coefficient (Wildman–Crippen LogP) is 0.863. The van der Waals surface area contributed by atoms with Gasteiger partial charge in [-0.3, -0.25) is 4.98 Å². The number of rotatable bonds is 4. The molecule has 1 atom stereocenters. The van der Waals surface area contributed by atoms with E-state index in [4.69, 9.17) is 4.74 Å². The van der Waals surface area contributed by atoms with Crippen LogP contribution in [0.25, 0.3) is 0 Å². The number of pyridine rings is 1. The third-order valence-corrected chi connectivity index (χ3v) is 4.47. The van der Waals surface area contributed by atoms with E-state index in [0.29, 0.717) is 17.6 Å². The monoisotopic (exact) mass is 306 g/mol. The highest BCUT2D eigenvalue weighted by atomic mass is 79.9. The molecule has 0 spiro atoms. The molecule has 16 heavy (non-hydrogen) atoms. The molecule has 1 unspecified atom stereocenters. The van der Waals surface area contributed by atoms with Crippen molar-refractivity contribution in [2.75, 3.05) is 20.2 Å². The Kier molecular flexibility index (Phi) is 3.29. The van der Waals surface area contributed by atoms with E-state index in [1.54, 1.807) is 6.20 Å². The van der Waals surface area contributed by atoms with Gasteiger partial charge in [-0.1, -0.05) is 0 Å². The van der Waals surface area contributed by atoms with Crippen LogP contribution in [-0.2, 0) is 14.8 Å². The van der Waals surface area contributed by atoms with Crippen molar-refractivity contribution >= 4 is 26.0 Å². The molecule has 0 bridgehead atoms. The molecule has 2 heterocycles. The van der Waals surface area contributed by atoms with Crippen molar-refractivity contribution in [3.05, 3.63) is 22.9 Å². The summed E-state index contributed by atoms with van der Waals surface area (Å²) in [7, 11) is -1.92. The molecule has 1 aliphatic heterocycles. The summed E-state index contributed by atoms with van der Waals surface area (Å²) >= 11 is 3.20. The summed E-state index contributed by atoms with van der Waals surface area (Å²) in [6.45, 7) is 1.02. The number of halogens is 1. The second-order valence-corrected chi connectivity index (χ2v) is 6.54. The van der Waals surface area contributed by atoms with Crippen LogP contribution in [0.3, 0.4) is 0 Å². The van der Waals surface area contributed by atoms with Gasteiger partial charge >= 0.3 is 0 Å². The Morgan fingerprint density at radius 1 is 1.62 bits per heavy atom. The van der Waals surface area contributed by atoms with Gasteiger partial charge in [-0.15, -0.1) is 0 Å². The number of hydrogen-bond donors (Lipinski definition) is 0. The smallest absolute Gasteiger partial charge is 0.244 e. The number of nitrogens with zero attached hydrogens (tertiary/aromatic N) is 2. The highest BCUT2D eigenvalue weighted by Crippen LogP contribution is 2.20. The van der Waals surface area contributed by atoms with Crippen molar-refractivity contribution < 1.29 is 13.2 Å². The summed E-state index contributed by atoms with van der Waals surface area (Å²) in [6.07, 6.45) is 2.92. The lowest BCUT2D eigenvalue weighted by molar-refractivity contribution is 0.359. The van der Waals surface area contributed by atoms with Crippen molar-refractivity contribution in [1.29, 1.82) is 0 Å². The van der Waals surface area contributed by atoms with Gasteiger partial charge in [-0.25, -0.2) is 8.42 Å². The molecule has 1 fully saturated rings. The fourth-order valence-electron chi connectivity index (χ4n) is 1.27. The molecule has 1 aromatic heterocycles. The zero-order valence-corrected chi connectivity index (χ0v) is 11.0. The Labute approximate surface area is 103 Å². The third-order valence-electron chi connectivity index (χ3n) is 2.25. The standard InChI is InChI=1S/C9H11BrN2O3S/c1-12(5-8-6-15-8)16(13,14)9-2-7(10)3-11-4-9/h2-4,8H,5-6H2,1H3. The molecular formula is C9H11BrN2O3S.